The quantitative estimate of drug-likeness (QED) is 0.468. The minimum absolute atomic E-state index is 0.116. The Balaban J connectivity index is 2.16. The topological polar surface area (TPSA) is 115 Å². The van der Waals surface area contributed by atoms with Crippen molar-refractivity contribution in [1.82, 2.24) is 16.0 Å². The van der Waals surface area contributed by atoms with E-state index in [0.29, 0.717) is 31.0 Å². The van der Waals surface area contributed by atoms with Crippen LogP contribution in [-0.2, 0) is 20.7 Å². The summed E-state index contributed by atoms with van der Waals surface area (Å²) in [5.74, 6) is 0.892. The van der Waals surface area contributed by atoms with E-state index in [4.69, 9.17) is 14.2 Å². The maximum atomic E-state index is 12.0. The summed E-state index contributed by atoms with van der Waals surface area (Å²) < 4.78 is 15.5. The molecule has 0 radical (unpaired) electrons. The van der Waals surface area contributed by atoms with Gasteiger partial charge in [0, 0.05) is 26.1 Å². The lowest BCUT2D eigenvalue weighted by atomic mass is 10.1. The number of ether oxygens (including phenoxy) is 3. The Morgan fingerprint density at radius 3 is 2.10 bits per heavy atom. The van der Waals surface area contributed by atoms with Crippen LogP contribution in [0.25, 0.3) is 0 Å². The van der Waals surface area contributed by atoms with E-state index < -0.39 is 11.7 Å². The van der Waals surface area contributed by atoms with Crippen LogP contribution in [0.15, 0.2) is 18.2 Å². The van der Waals surface area contributed by atoms with Crippen molar-refractivity contribution in [3.63, 3.8) is 0 Å². The average molecular weight is 424 g/mol. The molecule has 0 unspecified atom stereocenters. The number of hydrogen-bond acceptors (Lipinski definition) is 6. The first-order valence-electron chi connectivity index (χ1n) is 9.85. The highest BCUT2D eigenvalue weighted by atomic mass is 16.6. The lowest BCUT2D eigenvalue weighted by molar-refractivity contribution is -0.121. The predicted molar refractivity (Wildman–Crippen MR) is 113 cm³/mol. The van der Waals surface area contributed by atoms with Gasteiger partial charge in [-0.15, -0.1) is 0 Å². The van der Waals surface area contributed by atoms with Crippen molar-refractivity contribution >= 4 is 17.9 Å². The first-order chi connectivity index (χ1) is 14.1. The molecule has 0 aliphatic carbocycles. The van der Waals surface area contributed by atoms with E-state index in [1.165, 1.54) is 0 Å². The first-order valence-corrected chi connectivity index (χ1v) is 9.85. The molecule has 0 saturated heterocycles. The lowest BCUT2D eigenvalue weighted by Crippen LogP contribution is -2.35. The molecular formula is C21H33N3O6. The molecule has 0 aromatic heterocycles. The van der Waals surface area contributed by atoms with Crippen molar-refractivity contribution in [3.8, 4) is 11.5 Å². The number of nitrogens with one attached hydrogen (secondary N) is 3. The van der Waals surface area contributed by atoms with Gasteiger partial charge in [0.05, 0.1) is 20.6 Å². The molecule has 9 heteroatoms. The summed E-state index contributed by atoms with van der Waals surface area (Å²) in [6, 6.07) is 5.34. The van der Waals surface area contributed by atoms with E-state index in [9.17, 15) is 14.4 Å². The minimum atomic E-state index is -0.573. The number of amides is 3. The van der Waals surface area contributed by atoms with E-state index in [0.717, 1.165) is 5.56 Å². The number of hydrogen-bond donors (Lipinski definition) is 3. The van der Waals surface area contributed by atoms with Gasteiger partial charge in [0.2, 0.25) is 11.8 Å². The number of benzene rings is 1. The molecule has 168 valence electrons. The van der Waals surface area contributed by atoms with Crippen LogP contribution >= 0.6 is 0 Å². The molecule has 0 fully saturated rings. The Morgan fingerprint density at radius 1 is 0.867 bits per heavy atom. The Kier molecular flexibility index (Phi) is 10.5. The molecular weight excluding hydrogens is 390 g/mol. The van der Waals surface area contributed by atoms with E-state index in [1.807, 2.05) is 6.07 Å². The summed E-state index contributed by atoms with van der Waals surface area (Å²) in [5, 5.41) is 8.09. The van der Waals surface area contributed by atoms with E-state index >= 15 is 0 Å². The molecule has 1 rings (SSSR count). The molecule has 1 aromatic rings. The minimum Gasteiger partial charge on any atom is -0.493 e. The number of methoxy groups -OCH3 is 2. The van der Waals surface area contributed by atoms with Crippen LogP contribution in [0.3, 0.4) is 0 Å². The zero-order chi connectivity index (χ0) is 22.6. The van der Waals surface area contributed by atoms with E-state index in [2.05, 4.69) is 16.0 Å². The van der Waals surface area contributed by atoms with Crippen LogP contribution in [0.4, 0.5) is 4.79 Å². The highest BCUT2D eigenvalue weighted by Crippen LogP contribution is 2.27. The van der Waals surface area contributed by atoms with Crippen LogP contribution in [0, 0.1) is 0 Å². The Bertz CT molecular complexity index is 715. The Hall–Kier alpha value is -2.97. The third kappa shape index (κ3) is 10.5. The monoisotopic (exact) mass is 423 g/mol. The number of carbonyl (C=O) groups excluding carboxylic acids is 3. The largest absolute Gasteiger partial charge is 0.493 e. The fourth-order valence-corrected chi connectivity index (χ4v) is 2.46. The molecule has 0 aliphatic rings. The number of rotatable bonds is 11. The predicted octanol–water partition coefficient (Wildman–Crippen LogP) is 1.78. The van der Waals surface area contributed by atoms with Crippen molar-refractivity contribution in [2.45, 2.75) is 45.6 Å². The summed E-state index contributed by atoms with van der Waals surface area (Å²) >= 11 is 0. The van der Waals surface area contributed by atoms with Crippen molar-refractivity contribution in [3.05, 3.63) is 23.8 Å². The van der Waals surface area contributed by atoms with Gasteiger partial charge in [0.25, 0.3) is 0 Å². The van der Waals surface area contributed by atoms with Gasteiger partial charge in [-0.25, -0.2) is 4.79 Å². The van der Waals surface area contributed by atoms with Crippen molar-refractivity contribution < 1.29 is 28.6 Å². The van der Waals surface area contributed by atoms with Gasteiger partial charge in [-0.2, -0.15) is 0 Å². The Morgan fingerprint density at radius 2 is 1.50 bits per heavy atom. The summed E-state index contributed by atoms with van der Waals surface area (Å²) in [7, 11) is 3.10. The van der Waals surface area contributed by atoms with Gasteiger partial charge in [0.1, 0.15) is 5.60 Å². The third-order valence-electron chi connectivity index (χ3n) is 3.83. The summed E-state index contributed by atoms with van der Waals surface area (Å²) in [4.78, 5) is 35.3. The molecule has 0 aliphatic heterocycles. The maximum Gasteiger partial charge on any atom is 0.407 e. The highest BCUT2D eigenvalue weighted by molar-refractivity contribution is 5.79. The van der Waals surface area contributed by atoms with Crippen molar-refractivity contribution in [2.75, 3.05) is 33.9 Å². The molecule has 0 atom stereocenters. The molecule has 9 nitrogen and oxygen atoms in total. The maximum absolute atomic E-state index is 12.0. The van der Waals surface area contributed by atoms with Crippen molar-refractivity contribution in [2.24, 2.45) is 0 Å². The molecule has 30 heavy (non-hydrogen) atoms. The standard InChI is InChI=1S/C21H33N3O6/c1-21(2,3)30-20(27)24-12-9-18(25)22-10-6-11-23-19(26)14-15-7-8-16(28-4)17(13-15)29-5/h7-8,13H,6,9-12,14H2,1-5H3,(H,22,25)(H,23,26)(H,24,27). The molecule has 0 spiro atoms. The number of alkyl carbamates (subject to hydrolysis) is 1. The normalized spacial score (nSPS) is 10.7. The first kappa shape index (κ1) is 25.1. The summed E-state index contributed by atoms with van der Waals surface area (Å²) in [5.41, 5.74) is 0.242. The fraction of sp³-hybridized carbons (Fsp3) is 0.571. The van der Waals surface area contributed by atoms with Crippen LogP contribution in [0.2, 0.25) is 0 Å². The average Bonchev–Trinajstić information content (AvgIpc) is 2.66. The van der Waals surface area contributed by atoms with E-state index in [1.54, 1.807) is 47.1 Å². The smallest absolute Gasteiger partial charge is 0.407 e. The molecule has 0 heterocycles. The zero-order valence-electron chi connectivity index (χ0n) is 18.4. The van der Waals surface area contributed by atoms with Gasteiger partial charge >= 0.3 is 6.09 Å². The molecule has 1 aromatic carbocycles. The second-order valence-corrected chi connectivity index (χ2v) is 7.60. The molecule has 3 N–H and O–H groups in total. The van der Waals surface area contributed by atoms with Gasteiger partial charge in [-0.1, -0.05) is 6.07 Å². The summed E-state index contributed by atoms with van der Waals surface area (Å²) in [6.07, 6.45) is 0.434. The van der Waals surface area contributed by atoms with Crippen LogP contribution < -0.4 is 25.4 Å². The highest BCUT2D eigenvalue weighted by Gasteiger charge is 2.15. The lowest BCUT2D eigenvalue weighted by Gasteiger charge is -2.19. The molecule has 0 bridgehead atoms. The second-order valence-electron chi connectivity index (χ2n) is 7.60. The van der Waals surface area contributed by atoms with Crippen LogP contribution in [0.1, 0.15) is 39.2 Å². The van der Waals surface area contributed by atoms with Gasteiger partial charge in [-0.05, 0) is 44.9 Å². The third-order valence-corrected chi connectivity index (χ3v) is 3.83. The Labute approximate surface area is 177 Å². The number of carbonyl (C=O) groups is 3. The van der Waals surface area contributed by atoms with Gasteiger partial charge < -0.3 is 30.2 Å². The molecule has 3 amide bonds. The zero-order valence-corrected chi connectivity index (χ0v) is 18.4. The fourth-order valence-electron chi connectivity index (χ4n) is 2.46. The SMILES string of the molecule is COc1ccc(CC(=O)NCCCNC(=O)CCNC(=O)OC(C)(C)C)cc1OC. The van der Waals surface area contributed by atoms with Gasteiger partial charge in [-0.3, -0.25) is 9.59 Å². The van der Waals surface area contributed by atoms with E-state index in [-0.39, 0.29) is 31.2 Å². The van der Waals surface area contributed by atoms with Crippen LogP contribution in [-0.4, -0.2) is 57.4 Å². The summed E-state index contributed by atoms with van der Waals surface area (Å²) in [6.45, 7) is 6.39. The molecule has 0 saturated carbocycles. The van der Waals surface area contributed by atoms with Crippen molar-refractivity contribution in [1.29, 1.82) is 0 Å². The second kappa shape index (κ2) is 12.6. The van der Waals surface area contributed by atoms with Crippen LogP contribution in [0.5, 0.6) is 11.5 Å². The van der Waals surface area contributed by atoms with Gasteiger partial charge in [0.15, 0.2) is 11.5 Å².